The van der Waals surface area contributed by atoms with Crippen LogP contribution in [0.4, 0.5) is 0 Å². The Hall–Kier alpha value is -3.30. The molecule has 7 nitrogen and oxygen atoms in total. The maximum absolute atomic E-state index is 11.3. The fourth-order valence-corrected chi connectivity index (χ4v) is 6.63. The number of aromatic carboxylic acids is 1. The Morgan fingerprint density at radius 3 is 2.26 bits per heavy atom. The Labute approximate surface area is 225 Å². The van der Waals surface area contributed by atoms with Crippen molar-refractivity contribution in [2.75, 3.05) is 39.3 Å². The van der Waals surface area contributed by atoms with Crippen LogP contribution in [0.3, 0.4) is 0 Å². The predicted octanol–water partition coefficient (Wildman–Crippen LogP) is 4.24. The molecule has 6 rings (SSSR count). The molecule has 0 spiro atoms. The number of aliphatic hydroxyl groups excluding tert-OH is 1. The van der Waals surface area contributed by atoms with E-state index in [4.69, 9.17) is 4.74 Å². The summed E-state index contributed by atoms with van der Waals surface area (Å²) in [6, 6.07) is 23.3. The van der Waals surface area contributed by atoms with E-state index in [1.54, 1.807) is 18.2 Å². The Morgan fingerprint density at radius 1 is 0.947 bits per heavy atom. The second kappa shape index (κ2) is 10.8. The van der Waals surface area contributed by atoms with Gasteiger partial charge in [0.25, 0.3) is 0 Å². The summed E-state index contributed by atoms with van der Waals surface area (Å²) in [6.45, 7) is 4.29. The Kier molecular flexibility index (Phi) is 7.12. The Bertz CT molecular complexity index is 1400. The number of aryl methyl sites for hydroxylation is 2. The smallest absolute Gasteiger partial charge is 0.365 e. The van der Waals surface area contributed by atoms with Crippen LogP contribution in [0.15, 0.2) is 66.7 Å². The average molecular weight is 530 g/mol. The van der Waals surface area contributed by atoms with Crippen molar-refractivity contribution in [1.82, 2.24) is 14.8 Å². The van der Waals surface area contributed by atoms with Crippen LogP contribution >= 0.6 is 11.3 Å². The molecule has 8 heteroatoms. The third kappa shape index (κ3) is 5.05. The summed E-state index contributed by atoms with van der Waals surface area (Å²) >= 11 is 1.09. The maximum atomic E-state index is 11.3. The van der Waals surface area contributed by atoms with Gasteiger partial charge in [-0.1, -0.05) is 54.6 Å². The Balaban J connectivity index is 1.09. The van der Waals surface area contributed by atoms with Crippen LogP contribution in [-0.4, -0.2) is 76.4 Å². The first-order valence-corrected chi connectivity index (χ1v) is 13.9. The van der Waals surface area contributed by atoms with Gasteiger partial charge in [-0.2, -0.15) is 0 Å². The van der Waals surface area contributed by atoms with E-state index in [1.165, 1.54) is 22.3 Å². The van der Waals surface area contributed by atoms with Gasteiger partial charge in [0.1, 0.15) is 18.5 Å². The minimum absolute atomic E-state index is 0.0355. The molecule has 1 saturated heterocycles. The number of aliphatic hydroxyl groups is 1. The van der Waals surface area contributed by atoms with E-state index in [9.17, 15) is 15.0 Å². The van der Waals surface area contributed by atoms with E-state index in [0.717, 1.165) is 50.4 Å². The number of piperazine rings is 1. The van der Waals surface area contributed by atoms with Gasteiger partial charge in [0, 0.05) is 32.7 Å². The topological polar surface area (TPSA) is 86.1 Å². The largest absolute Gasteiger partial charge is 0.489 e. The van der Waals surface area contributed by atoms with Gasteiger partial charge < -0.3 is 14.9 Å². The molecule has 1 fully saturated rings. The molecule has 2 aliphatic rings. The van der Waals surface area contributed by atoms with Gasteiger partial charge in [-0.25, -0.2) is 9.78 Å². The van der Waals surface area contributed by atoms with E-state index in [-0.39, 0.29) is 17.7 Å². The van der Waals surface area contributed by atoms with E-state index in [1.807, 2.05) is 0 Å². The van der Waals surface area contributed by atoms with Gasteiger partial charge in [0.05, 0.1) is 16.3 Å². The minimum atomic E-state index is -1.05. The highest BCUT2D eigenvalue weighted by molar-refractivity contribution is 7.20. The lowest BCUT2D eigenvalue weighted by molar-refractivity contribution is 0.0404. The molecule has 38 heavy (non-hydrogen) atoms. The average Bonchev–Trinajstić information content (AvgIpc) is 3.31. The van der Waals surface area contributed by atoms with Crippen molar-refractivity contribution >= 4 is 27.5 Å². The summed E-state index contributed by atoms with van der Waals surface area (Å²) in [4.78, 5) is 20.3. The number of carboxylic acid groups (broad SMARTS) is 1. The maximum Gasteiger partial charge on any atom is 0.365 e. The van der Waals surface area contributed by atoms with Gasteiger partial charge >= 0.3 is 5.97 Å². The molecule has 3 aromatic carbocycles. The molecule has 1 aromatic heterocycles. The fraction of sp³-hybridized carbons (Fsp3) is 0.333. The summed E-state index contributed by atoms with van der Waals surface area (Å²) in [7, 11) is 0. The lowest BCUT2D eigenvalue weighted by Crippen LogP contribution is -2.50. The number of aromatic nitrogens is 1. The molecule has 0 bridgehead atoms. The minimum Gasteiger partial charge on any atom is -0.489 e. The predicted molar refractivity (Wildman–Crippen MR) is 148 cm³/mol. The SMILES string of the molecule is O=C(O)c1nc2cccc(OCC(O)CN3CCN(C4c5ccccc5CCc5ccccc54)CC3)c2s1. The van der Waals surface area contributed by atoms with E-state index in [0.29, 0.717) is 22.5 Å². The molecule has 0 amide bonds. The normalized spacial score (nSPS) is 17.5. The van der Waals surface area contributed by atoms with Crippen molar-refractivity contribution in [3.05, 3.63) is 94.0 Å². The van der Waals surface area contributed by atoms with Gasteiger partial charge in [0.15, 0.2) is 0 Å². The van der Waals surface area contributed by atoms with Gasteiger partial charge in [0.2, 0.25) is 5.01 Å². The summed E-state index contributed by atoms with van der Waals surface area (Å²) in [5, 5.41) is 20.0. The molecule has 0 radical (unpaired) electrons. The van der Waals surface area contributed by atoms with Crippen molar-refractivity contribution in [2.45, 2.75) is 25.0 Å². The molecule has 0 saturated carbocycles. The summed E-state index contributed by atoms with van der Waals surface area (Å²) in [5.74, 6) is -0.491. The molecule has 1 aliphatic carbocycles. The van der Waals surface area contributed by atoms with E-state index < -0.39 is 12.1 Å². The number of benzene rings is 3. The highest BCUT2D eigenvalue weighted by Crippen LogP contribution is 2.37. The molecular formula is C30H31N3O4S. The third-order valence-corrected chi connectivity index (χ3v) is 8.67. The zero-order valence-corrected chi connectivity index (χ0v) is 21.9. The van der Waals surface area contributed by atoms with Gasteiger partial charge in [-0.3, -0.25) is 9.80 Å². The molecule has 1 aliphatic heterocycles. The number of thiazole rings is 1. The second-order valence-electron chi connectivity index (χ2n) is 10.0. The number of hydrogen-bond donors (Lipinski definition) is 2. The summed E-state index contributed by atoms with van der Waals surface area (Å²) in [5.41, 5.74) is 6.31. The van der Waals surface area contributed by atoms with E-state index in [2.05, 4.69) is 63.3 Å². The molecule has 4 aromatic rings. The molecule has 2 heterocycles. The highest BCUT2D eigenvalue weighted by Gasteiger charge is 2.31. The van der Waals surface area contributed by atoms with Crippen molar-refractivity contribution < 1.29 is 19.7 Å². The van der Waals surface area contributed by atoms with Crippen molar-refractivity contribution in [2.24, 2.45) is 0 Å². The summed E-state index contributed by atoms with van der Waals surface area (Å²) in [6.07, 6.45) is 1.49. The van der Waals surface area contributed by atoms with E-state index >= 15 is 0 Å². The van der Waals surface area contributed by atoms with Crippen LogP contribution in [0.5, 0.6) is 5.75 Å². The number of ether oxygens (including phenoxy) is 1. The number of hydrogen-bond acceptors (Lipinski definition) is 7. The monoisotopic (exact) mass is 529 g/mol. The Morgan fingerprint density at radius 2 is 1.61 bits per heavy atom. The standard InChI is InChI=1S/C30H31N3O4S/c34-22(19-37-26-11-5-10-25-28(26)38-29(31-25)30(35)36)18-32-14-16-33(17-15-32)27-23-8-3-1-6-20(23)12-13-21-7-2-4-9-24(21)27/h1-11,22,27,34H,12-19H2,(H,35,36). The first kappa shape index (κ1) is 25.0. The molecular weight excluding hydrogens is 498 g/mol. The number of rotatable bonds is 7. The first-order chi connectivity index (χ1) is 18.6. The van der Waals surface area contributed by atoms with Crippen LogP contribution in [0.2, 0.25) is 0 Å². The van der Waals surface area contributed by atoms with Crippen molar-refractivity contribution in [1.29, 1.82) is 0 Å². The molecule has 196 valence electrons. The zero-order chi connectivity index (χ0) is 26.1. The number of nitrogens with zero attached hydrogens (tertiary/aromatic N) is 3. The first-order valence-electron chi connectivity index (χ1n) is 13.1. The van der Waals surface area contributed by atoms with Crippen LogP contribution in [0.1, 0.15) is 38.1 Å². The van der Waals surface area contributed by atoms with Crippen LogP contribution in [-0.2, 0) is 12.8 Å². The van der Waals surface area contributed by atoms with Crippen molar-refractivity contribution in [3.63, 3.8) is 0 Å². The lowest BCUT2D eigenvalue weighted by atomic mass is 9.92. The summed E-state index contributed by atoms with van der Waals surface area (Å²) < 4.78 is 6.60. The number of fused-ring (bicyclic) bond motifs is 3. The second-order valence-corrected chi connectivity index (χ2v) is 11.0. The lowest BCUT2D eigenvalue weighted by Gasteiger charge is -2.40. The highest BCUT2D eigenvalue weighted by atomic mass is 32.1. The quantitative estimate of drug-likeness (QED) is 0.370. The van der Waals surface area contributed by atoms with Crippen LogP contribution in [0.25, 0.3) is 10.2 Å². The molecule has 1 unspecified atom stereocenters. The number of β-amino-alcohol motifs (C(OH)–C–C–N with tert-alkyl or cyclic N) is 1. The number of carbonyl (C=O) groups is 1. The number of carboxylic acids is 1. The molecule has 1 atom stereocenters. The zero-order valence-electron chi connectivity index (χ0n) is 21.1. The van der Waals surface area contributed by atoms with Gasteiger partial charge in [-0.05, 0) is 47.2 Å². The van der Waals surface area contributed by atoms with Crippen LogP contribution < -0.4 is 4.74 Å². The molecule has 2 N–H and O–H groups in total. The third-order valence-electron chi connectivity index (χ3n) is 7.60. The van der Waals surface area contributed by atoms with Crippen molar-refractivity contribution in [3.8, 4) is 5.75 Å². The fourth-order valence-electron chi connectivity index (χ4n) is 5.76. The van der Waals surface area contributed by atoms with Gasteiger partial charge in [-0.15, -0.1) is 11.3 Å². The van der Waals surface area contributed by atoms with Crippen LogP contribution in [0, 0.1) is 0 Å².